The fraction of sp³-hybridized carbons (Fsp3) is 0.200. The Hall–Kier alpha value is -1.55. The number of amides is 2. The predicted molar refractivity (Wildman–Crippen MR) is 58.5 cm³/mol. The molecule has 0 saturated carbocycles. The van der Waals surface area contributed by atoms with E-state index in [0.29, 0.717) is 10.5 Å². The SMILES string of the molecule is Cc1ccccc1C(=O)N(C)C(=O)O.Cl. The Morgan fingerprint density at radius 1 is 1.27 bits per heavy atom. The molecular weight excluding hydrogens is 218 g/mol. The summed E-state index contributed by atoms with van der Waals surface area (Å²) >= 11 is 0. The largest absolute Gasteiger partial charge is 0.465 e. The molecular formula is C10H12ClNO3. The van der Waals surface area contributed by atoms with Crippen LogP contribution in [0.1, 0.15) is 15.9 Å². The van der Waals surface area contributed by atoms with Gasteiger partial charge in [0.1, 0.15) is 0 Å². The van der Waals surface area contributed by atoms with Gasteiger partial charge in [0.2, 0.25) is 0 Å². The highest BCUT2D eigenvalue weighted by Gasteiger charge is 2.18. The van der Waals surface area contributed by atoms with E-state index in [1.54, 1.807) is 31.2 Å². The Labute approximate surface area is 93.9 Å². The molecule has 0 fully saturated rings. The molecule has 0 radical (unpaired) electrons. The third kappa shape index (κ3) is 2.95. The zero-order chi connectivity index (χ0) is 10.7. The van der Waals surface area contributed by atoms with Crippen molar-refractivity contribution in [1.29, 1.82) is 0 Å². The van der Waals surface area contributed by atoms with Crippen molar-refractivity contribution >= 4 is 24.4 Å². The number of benzene rings is 1. The van der Waals surface area contributed by atoms with E-state index in [2.05, 4.69) is 0 Å². The number of carbonyl (C=O) groups is 2. The molecule has 0 spiro atoms. The molecule has 0 aliphatic carbocycles. The summed E-state index contributed by atoms with van der Waals surface area (Å²) in [5.74, 6) is -0.504. The van der Waals surface area contributed by atoms with Crippen molar-refractivity contribution in [3.8, 4) is 0 Å². The predicted octanol–water partition coefficient (Wildman–Crippen LogP) is 2.17. The number of hydrogen-bond acceptors (Lipinski definition) is 2. The van der Waals surface area contributed by atoms with Gasteiger partial charge in [0.05, 0.1) is 0 Å². The van der Waals surface area contributed by atoms with Gasteiger partial charge in [0, 0.05) is 12.6 Å². The highest BCUT2D eigenvalue weighted by atomic mass is 35.5. The van der Waals surface area contributed by atoms with Crippen LogP contribution in [0, 0.1) is 6.92 Å². The minimum Gasteiger partial charge on any atom is -0.465 e. The summed E-state index contributed by atoms with van der Waals surface area (Å²) in [6.07, 6.45) is -1.25. The number of rotatable bonds is 1. The Morgan fingerprint density at radius 2 is 1.80 bits per heavy atom. The molecule has 0 aliphatic heterocycles. The zero-order valence-electron chi connectivity index (χ0n) is 8.43. The first-order valence-electron chi connectivity index (χ1n) is 4.10. The molecule has 15 heavy (non-hydrogen) atoms. The van der Waals surface area contributed by atoms with E-state index in [1.165, 1.54) is 7.05 Å². The number of carboxylic acid groups (broad SMARTS) is 1. The average Bonchev–Trinajstić information content (AvgIpc) is 2.16. The van der Waals surface area contributed by atoms with Gasteiger partial charge in [-0.05, 0) is 18.6 Å². The molecule has 1 rings (SSSR count). The van der Waals surface area contributed by atoms with E-state index in [9.17, 15) is 9.59 Å². The van der Waals surface area contributed by atoms with Crippen LogP contribution in [0.15, 0.2) is 24.3 Å². The first-order valence-corrected chi connectivity index (χ1v) is 4.10. The first-order chi connectivity index (χ1) is 6.54. The molecule has 1 aromatic carbocycles. The van der Waals surface area contributed by atoms with Crippen molar-refractivity contribution in [2.45, 2.75) is 6.92 Å². The quantitative estimate of drug-likeness (QED) is 0.803. The van der Waals surface area contributed by atoms with Gasteiger partial charge in [-0.2, -0.15) is 0 Å². The van der Waals surface area contributed by atoms with Crippen molar-refractivity contribution in [2.24, 2.45) is 0 Å². The van der Waals surface area contributed by atoms with E-state index >= 15 is 0 Å². The molecule has 0 heterocycles. The molecule has 0 aliphatic rings. The summed E-state index contributed by atoms with van der Waals surface area (Å²) in [5, 5.41) is 8.61. The molecule has 1 N–H and O–H groups in total. The second-order valence-corrected chi connectivity index (χ2v) is 2.96. The van der Waals surface area contributed by atoms with Crippen LogP contribution in [0.5, 0.6) is 0 Å². The maximum atomic E-state index is 11.6. The third-order valence-electron chi connectivity index (χ3n) is 1.97. The number of halogens is 1. The lowest BCUT2D eigenvalue weighted by Gasteiger charge is -2.12. The highest BCUT2D eigenvalue weighted by molar-refractivity contribution is 6.03. The van der Waals surface area contributed by atoms with Gasteiger partial charge in [-0.15, -0.1) is 12.4 Å². The maximum absolute atomic E-state index is 11.6. The van der Waals surface area contributed by atoms with Gasteiger partial charge < -0.3 is 5.11 Å². The van der Waals surface area contributed by atoms with Crippen LogP contribution in [0.4, 0.5) is 4.79 Å². The third-order valence-corrected chi connectivity index (χ3v) is 1.97. The van der Waals surface area contributed by atoms with Crippen LogP contribution in [-0.4, -0.2) is 29.1 Å². The fourth-order valence-corrected chi connectivity index (χ4v) is 1.08. The van der Waals surface area contributed by atoms with E-state index in [1.807, 2.05) is 0 Å². The van der Waals surface area contributed by atoms with Crippen molar-refractivity contribution in [3.05, 3.63) is 35.4 Å². The monoisotopic (exact) mass is 229 g/mol. The normalized spacial score (nSPS) is 8.93. The minimum absolute atomic E-state index is 0. The molecule has 0 unspecified atom stereocenters. The topological polar surface area (TPSA) is 57.6 Å². The van der Waals surface area contributed by atoms with E-state index < -0.39 is 12.0 Å². The molecule has 2 amide bonds. The standard InChI is InChI=1S/C10H11NO3.ClH/c1-7-5-3-4-6-8(7)9(12)11(2)10(13)14;/h3-6H,1-2H3,(H,13,14);1H. The molecule has 82 valence electrons. The van der Waals surface area contributed by atoms with Gasteiger partial charge in [0.15, 0.2) is 0 Å². The molecule has 0 atom stereocenters. The molecule has 5 heteroatoms. The van der Waals surface area contributed by atoms with Crippen LogP contribution >= 0.6 is 12.4 Å². The van der Waals surface area contributed by atoms with E-state index in [0.717, 1.165) is 5.56 Å². The van der Waals surface area contributed by atoms with Crippen LogP contribution in [-0.2, 0) is 0 Å². The van der Waals surface area contributed by atoms with Gasteiger partial charge in [-0.3, -0.25) is 4.79 Å². The zero-order valence-corrected chi connectivity index (χ0v) is 9.25. The Kier molecular flexibility index (Phi) is 4.81. The Morgan fingerprint density at radius 3 is 2.27 bits per heavy atom. The number of aryl methyl sites for hydroxylation is 1. The molecule has 1 aromatic rings. The van der Waals surface area contributed by atoms with Crippen LogP contribution in [0.2, 0.25) is 0 Å². The smallest absolute Gasteiger partial charge is 0.414 e. The lowest BCUT2D eigenvalue weighted by molar-refractivity contribution is 0.0781. The van der Waals surface area contributed by atoms with Crippen molar-refractivity contribution in [2.75, 3.05) is 7.05 Å². The van der Waals surface area contributed by atoms with Crippen molar-refractivity contribution in [3.63, 3.8) is 0 Å². The number of imide groups is 1. The van der Waals surface area contributed by atoms with Gasteiger partial charge in [0.25, 0.3) is 5.91 Å². The lowest BCUT2D eigenvalue weighted by atomic mass is 10.1. The van der Waals surface area contributed by atoms with E-state index in [-0.39, 0.29) is 12.4 Å². The lowest BCUT2D eigenvalue weighted by Crippen LogP contribution is -2.32. The second-order valence-electron chi connectivity index (χ2n) is 2.96. The van der Waals surface area contributed by atoms with Gasteiger partial charge in [-0.25, -0.2) is 9.69 Å². The van der Waals surface area contributed by atoms with Crippen molar-refractivity contribution in [1.82, 2.24) is 4.90 Å². The number of carbonyl (C=O) groups excluding carboxylic acids is 1. The average molecular weight is 230 g/mol. The summed E-state index contributed by atoms with van der Waals surface area (Å²) in [4.78, 5) is 22.8. The number of nitrogens with zero attached hydrogens (tertiary/aromatic N) is 1. The second kappa shape index (κ2) is 5.36. The summed E-state index contributed by atoms with van der Waals surface area (Å²) in [6.45, 7) is 1.77. The van der Waals surface area contributed by atoms with E-state index in [4.69, 9.17) is 5.11 Å². The summed E-state index contributed by atoms with van der Waals surface area (Å²) in [5.41, 5.74) is 1.18. The van der Waals surface area contributed by atoms with Gasteiger partial charge in [-0.1, -0.05) is 18.2 Å². The summed E-state index contributed by atoms with van der Waals surface area (Å²) < 4.78 is 0. The van der Waals surface area contributed by atoms with Gasteiger partial charge >= 0.3 is 6.09 Å². The van der Waals surface area contributed by atoms with Crippen LogP contribution in [0.25, 0.3) is 0 Å². The van der Waals surface area contributed by atoms with Crippen molar-refractivity contribution < 1.29 is 14.7 Å². The Bertz CT molecular complexity index is 379. The minimum atomic E-state index is -1.25. The highest BCUT2D eigenvalue weighted by Crippen LogP contribution is 2.09. The molecule has 4 nitrogen and oxygen atoms in total. The Balaban J connectivity index is 0.00000196. The first kappa shape index (κ1) is 13.4. The maximum Gasteiger partial charge on any atom is 0.414 e. The summed E-state index contributed by atoms with van der Waals surface area (Å²) in [7, 11) is 1.23. The molecule has 0 saturated heterocycles. The fourth-order valence-electron chi connectivity index (χ4n) is 1.08. The summed E-state index contributed by atoms with van der Waals surface area (Å²) in [6, 6.07) is 6.88. The number of hydrogen-bond donors (Lipinski definition) is 1. The molecule has 0 bridgehead atoms. The van der Waals surface area contributed by atoms with Crippen LogP contribution < -0.4 is 0 Å². The molecule has 0 aromatic heterocycles. The van der Waals surface area contributed by atoms with Crippen LogP contribution in [0.3, 0.4) is 0 Å².